The Morgan fingerprint density at radius 2 is 1.87 bits per heavy atom. The lowest BCUT2D eigenvalue weighted by Gasteiger charge is -2.39. The fourth-order valence-electron chi connectivity index (χ4n) is 3.88. The van der Waals surface area contributed by atoms with E-state index in [4.69, 9.17) is 0 Å². The molecule has 0 saturated heterocycles. The Morgan fingerprint density at radius 3 is 2.27 bits per heavy atom. The normalized spacial score (nSPS) is 38.0. The molecule has 0 radical (unpaired) electrons. The van der Waals surface area contributed by atoms with Crippen molar-refractivity contribution in [3.63, 3.8) is 0 Å². The molecule has 4 atom stereocenters. The van der Waals surface area contributed by atoms with Crippen molar-refractivity contribution in [1.82, 2.24) is 0 Å². The van der Waals surface area contributed by atoms with Gasteiger partial charge in [0.15, 0.2) is 0 Å². The Balaban J connectivity index is 1.91. The molecule has 0 aliphatic heterocycles. The first-order valence-electron chi connectivity index (χ1n) is 7.15. The van der Waals surface area contributed by atoms with Gasteiger partial charge in [0.1, 0.15) is 0 Å². The average Bonchev–Trinajstić information content (AvgIpc) is 3.02. The molecule has 4 unspecified atom stereocenters. The monoisotopic (exact) mass is 208 g/mol. The van der Waals surface area contributed by atoms with E-state index in [0.717, 1.165) is 11.8 Å². The van der Waals surface area contributed by atoms with Gasteiger partial charge in [-0.15, -0.1) is 0 Å². The molecule has 0 heterocycles. The van der Waals surface area contributed by atoms with Gasteiger partial charge in [0.2, 0.25) is 0 Å². The van der Waals surface area contributed by atoms with Crippen LogP contribution in [0.15, 0.2) is 0 Å². The Bertz CT molecular complexity index is 212. The molecule has 2 aliphatic carbocycles. The molecule has 0 amide bonds. The molecule has 0 bridgehead atoms. The molecule has 2 saturated carbocycles. The van der Waals surface area contributed by atoms with Gasteiger partial charge in [0, 0.05) is 0 Å². The van der Waals surface area contributed by atoms with Crippen LogP contribution >= 0.6 is 0 Å². The van der Waals surface area contributed by atoms with E-state index < -0.39 is 0 Å². The minimum absolute atomic E-state index is 0.692. The summed E-state index contributed by atoms with van der Waals surface area (Å²) in [5, 5.41) is 0. The van der Waals surface area contributed by atoms with Crippen molar-refractivity contribution in [2.45, 2.75) is 66.2 Å². The largest absolute Gasteiger partial charge is 0.0654 e. The van der Waals surface area contributed by atoms with Gasteiger partial charge in [-0.1, -0.05) is 53.4 Å². The van der Waals surface area contributed by atoms with Crippen LogP contribution in [0.3, 0.4) is 0 Å². The van der Waals surface area contributed by atoms with Gasteiger partial charge in [-0.25, -0.2) is 0 Å². The lowest BCUT2D eigenvalue weighted by molar-refractivity contribution is 0.107. The van der Waals surface area contributed by atoms with Crippen LogP contribution in [0.1, 0.15) is 66.2 Å². The van der Waals surface area contributed by atoms with Gasteiger partial charge >= 0.3 is 0 Å². The summed E-state index contributed by atoms with van der Waals surface area (Å²) in [6.45, 7) is 9.79. The zero-order valence-electron chi connectivity index (χ0n) is 11.1. The van der Waals surface area contributed by atoms with Crippen molar-refractivity contribution >= 4 is 0 Å². The standard InChI is InChI=1S/C15H28/c1-5-7-8-11(3)15(4,9-6-2)14-12-10-13(12)14/h11-14H,5-10H2,1-4H3. The highest BCUT2D eigenvalue weighted by Crippen LogP contribution is 2.76. The van der Waals surface area contributed by atoms with Gasteiger partial charge in [-0.2, -0.15) is 0 Å². The van der Waals surface area contributed by atoms with Crippen molar-refractivity contribution in [3.8, 4) is 0 Å². The Hall–Kier alpha value is 0. The molecule has 2 fully saturated rings. The van der Waals surface area contributed by atoms with Gasteiger partial charge in [-0.3, -0.25) is 0 Å². The van der Waals surface area contributed by atoms with Crippen molar-refractivity contribution in [1.29, 1.82) is 0 Å². The van der Waals surface area contributed by atoms with Gasteiger partial charge in [0.05, 0.1) is 0 Å². The summed E-state index contributed by atoms with van der Waals surface area (Å²) in [5.41, 5.74) is 0.692. The molecule has 0 aromatic heterocycles. The molecule has 2 aliphatic rings. The highest BCUT2D eigenvalue weighted by molar-refractivity contribution is 5.18. The molecule has 15 heavy (non-hydrogen) atoms. The van der Waals surface area contributed by atoms with Crippen LogP contribution in [-0.4, -0.2) is 0 Å². The molecule has 0 aromatic carbocycles. The minimum Gasteiger partial charge on any atom is -0.0654 e. The fraction of sp³-hybridized carbons (Fsp3) is 1.00. The Morgan fingerprint density at radius 1 is 1.20 bits per heavy atom. The summed E-state index contributed by atoms with van der Waals surface area (Å²) in [7, 11) is 0. The molecular weight excluding hydrogens is 180 g/mol. The van der Waals surface area contributed by atoms with E-state index in [-0.39, 0.29) is 0 Å². The van der Waals surface area contributed by atoms with Crippen LogP contribution in [-0.2, 0) is 0 Å². The second kappa shape index (κ2) is 4.11. The van der Waals surface area contributed by atoms with E-state index >= 15 is 0 Å². The summed E-state index contributed by atoms with van der Waals surface area (Å²) in [6, 6.07) is 0. The van der Waals surface area contributed by atoms with Crippen LogP contribution < -0.4 is 0 Å². The highest BCUT2D eigenvalue weighted by atomic mass is 14.7. The quantitative estimate of drug-likeness (QED) is 0.559. The topological polar surface area (TPSA) is 0 Å². The maximum atomic E-state index is 2.59. The van der Waals surface area contributed by atoms with Crippen LogP contribution in [0.5, 0.6) is 0 Å². The third-order valence-corrected chi connectivity index (χ3v) is 5.34. The highest BCUT2D eigenvalue weighted by Gasteiger charge is 2.70. The first-order chi connectivity index (χ1) is 7.15. The van der Waals surface area contributed by atoms with E-state index in [1.54, 1.807) is 6.42 Å². The van der Waals surface area contributed by atoms with E-state index in [1.165, 1.54) is 43.9 Å². The zero-order valence-corrected chi connectivity index (χ0v) is 11.1. The summed E-state index contributed by atoms with van der Waals surface area (Å²) in [6.07, 6.45) is 8.68. The number of unbranched alkanes of at least 4 members (excludes halogenated alkanes) is 1. The number of fused-ring (bicyclic) bond motifs is 1. The summed E-state index contributed by atoms with van der Waals surface area (Å²) in [5.74, 6) is 4.43. The summed E-state index contributed by atoms with van der Waals surface area (Å²) >= 11 is 0. The van der Waals surface area contributed by atoms with Gasteiger partial charge in [-0.05, 0) is 41.9 Å². The molecule has 88 valence electrons. The third kappa shape index (κ3) is 1.97. The van der Waals surface area contributed by atoms with E-state index in [1.807, 2.05) is 0 Å². The number of rotatable bonds is 7. The van der Waals surface area contributed by atoms with Crippen LogP contribution in [0.2, 0.25) is 0 Å². The second-order valence-electron chi connectivity index (χ2n) is 6.39. The van der Waals surface area contributed by atoms with Crippen LogP contribution in [0.25, 0.3) is 0 Å². The van der Waals surface area contributed by atoms with Crippen LogP contribution in [0, 0.1) is 29.1 Å². The summed E-state index contributed by atoms with van der Waals surface area (Å²) in [4.78, 5) is 0. The maximum Gasteiger partial charge on any atom is -0.0266 e. The molecule has 2 rings (SSSR count). The first-order valence-corrected chi connectivity index (χ1v) is 7.15. The first kappa shape index (κ1) is 11.5. The molecule has 0 aromatic rings. The molecule has 0 spiro atoms. The predicted octanol–water partition coefficient (Wildman–Crippen LogP) is 4.89. The lowest BCUT2D eigenvalue weighted by Crippen LogP contribution is -2.31. The van der Waals surface area contributed by atoms with Crippen LogP contribution in [0.4, 0.5) is 0 Å². The molecule has 0 nitrogen and oxygen atoms in total. The van der Waals surface area contributed by atoms with E-state index in [9.17, 15) is 0 Å². The van der Waals surface area contributed by atoms with Gasteiger partial charge < -0.3 is 0 Å². The van der Waals surface area contributed by atoms with Gasteiger partial charge in [0.25, 0.3) is 0 Å². The molecule has 0 heteroatoms. The predicted molar refractivity (Wildman–Crippen MR) is 66.8 cm³/mol. The van der Waals surface area contributed by atoms with Crippen molar-refractivity contribution in [2.75, 3.05) is 0 Å². The molecular formula is C15H28. The Kier molecular flexibility index (Phi) is 3.14. The smallest absolute Gasteiger partial charge is 0.0266 e. The second-order valence-corrected chi connectivity index (χ2v) is 6.39. The number of hydrogen-bond donors (Lipinski definition) is 0. The van der Waals surface area contributed by atoms with Crippen molar-refractivity contribution in [2.24, 2.45) is 29.1 Å². The molecule has 0 N–H and O–H groups in total. The van der Waals surface area contributed by atoms with E-state index in [0.29, 0.717) is 5.41 Å². The zero-order chi connectivity index (χ0) is 11.1. The minimum atomic E-state index is 0.692. The average molecular weight is 208 g/mol. The summed E-state index contributed by atoms with van der Waals surface area (Å²) < 4.78 is 0. The fourth-order valence-corrected chi connectivity index (χ4v) is 3.88. The van der Waals surface area contributed by atoms with E-state index in [2.05, 4.69) is 27.7 Å². The maximum absolute atomic E-state index is 2.59. The SMILES string of the molecule is CCCCC(C)C(C)(CCC)C1C2CC21. The lowest BCUT2D eigenvalue weighted by atomic mass is 9.66. The van der Waals surface area contributed by atoms with Crippen molar-refractivity contribution < 1.29 is 0 Å². The third-order valence-electron chi connectivity index (χ3n) is 5.34. The van der Waals surface area contributed by atoms with Crippen molar-refractivity contribution in [3.05, 3.63) is 0 Å². The number of hydrogen-bond acceptors (Lipinski definition) is 0. The Labute approximate surface area is 95.8 Å².